The van der Waals surface area contributed by atoms with Gasteiger partial charge in [-0.2, -0.15) is 0 Å². The van der Waals surface area contributed by atoms with Gasteiger partial charge in [0.1, 0.15) is 5.75 Å². The Hall–Kier alpha value is 0.416. The first-order chi connectivity index (χ1) is 6.50. The molecule has 1 atom stereocenters. The number of carboxylic acid groups (broad SMARTS) is 1. The number of hydrogen-bond donors (Lipinski definition) is 1. The second kappa shape index (κ2) is 6.88. The van der Waals surface area contributed by atoms with Gasteiger partial charge in [0.2, 0.25) is 0 Å². The summed E-state index contributed by atoms with van der Waals surface area (Å²) in [6, 6.07) is 5.06. The number of aliphatic carboxylic acids is 1. The van der Waals surface area contributed by atoms with Crippen molar-refractivity contribution in [2.24, 2.45) is 0 Å². The third kappa shape index (κ3) is 4.85. The van der Waals surface area contributed by atoms with Crippen molar-refractivity contribution in [3.8, 4) is 5.75 Å². The topological polar surface area (TPSA) is 46.5 Å². The molecule has 0 aliphatic rings. The fourth-order valence-electron chi connectivity index (χ4n) is 0.986. The first-order valence-electron chi connectivity index (χ1n) is 4.16. The maximum absolute atomic E-state index is 10.5. The van der Waals surface area contributed by atoms with Crippen LogP contribution in [0.1, 0.15) is 12.5 Å². The average Bonchev–Trinajstić information content (AvgIpc) is 2.09. The summed E-state index contributed by atoms with van der Waals surface area (Å²) in [5.74, 6) is -0.441. The fourth-order valence-corrected chi connectivity index (χ4v) is 1.21. The fraction of sp³-hybridized carbons (Fsp3) is 0.300. The van der Waals surface area contributed by atoms with E-state index >= 15 is 0 Å². The number of rotatable bonds is 3. The van der Waals surface area contributed by atoms with Gasteiger partial charge in [0, 0.05) is 5.02 Å². The Morgan fingerprint density at radius 2 is 2.13 bits per heavy atom. The van der Waals surface area contributed by atoms with Crippen molar-refractivity contribution in [1.82, 2.24) is 0 Å². The van der Waals surface area contributed by atoms with E-state index in [1.807, 2.05) is 6.92 Å². The van der Waals surface area contributed by atoms with Crippen LogP contribution in [-0.4, -0.2) is 68.6 Å². The Morgan fingerprint density at radius 3 is 2.60 bits per heavy atom. The molecule has 0 bridgehead atoms. The predicted molar refractivity (Wildman–Crippen MR) is 61.1 cm³/mol. The van der Waals surface area contributed by atoms with Crippen LogP contribution in [0.2, 0.25) is 5.02 Å². The molecule has 1 aromatic rings. The van der Waals surface area contributed by atoms with Gasteiger partial charge in [-0.1, -0.05) is 11.6 Å². The van der Waals surface area contributed by atoms with E-state index in [0.29, 0.717) is 10.8 Å². The average molecular weight is 255 g/mol. The van der Waals surface area contributed by atoms with Crippen LogP contribution < -0.4 is 4.74 Å². The summed E-state index contributed by atoms with van der Waals surface area (Å²) in [4.78, 5) is 10.5. The molecule has 0 saturated heterocycles. The van der Waals surface area contributed by atoms with E-state index in [0.717, 1.165) is 5.56 Å². The summed E-state index contributed by atoms with van der Waals surface area (Å²) in [7, 11) is 0. The van der Waals surface area contributed by atoms with Gasteiger partial charge < -0.3 is 9.84 Å². The van der Waals surface area contributed by atoms with Crippen molar-refractivity contribution in [3.05, 3.63) is 28.8 Å². The van der Waals surface area contributed by atoms with Crippen molar-refractivity contribution < 1.29 is 14.6 Å². The number of carboxylic acids is 1. The van der Waals surface area contributed by atoms with Crippen LogP contribution in [0.3, 0.4) is 0 Å². The summed E-state index contributed by atoms with van der Waals surface area (Å²) >= 11 is 5.74. The van der Waals surface area contributed by atoms with Crippen LogP contribution in [0.5, 0.6) is 5.75 Å². The first kappa shape index (κ1) is 15.4. The minimum absolute atomic E-state index is 0. The van der Waals surface area contributed by atoms with Crippen LogP contribution in [0.4, 0.5) is 0 Å². The molecule has 1 aromatic carbocycles. The number of ether oxygens (including phenoxy) is 1. The summed E-state index contributed by atoms with van der Waals surface area (Å²) in [6.07, 6.45) is -0.852. The molecule has 0 aliphatic heterocycles. The minimum atomic E-state index is -0.987. The normalized spacial score (nSPS) is 11.4. The Balaban J connectivity index is 0.00000196. The van der Waals surface area contributed by atoms with Gasteiger partial charge in [0.25, 0.3) is 0 Å². The molecule has 0 aliphatic carbocycles. The summed E-state index contributed by atoms with van der Waals surface area (Å²) < 4.78 is 5.20. The van der Waals surface area contributed by atoms with Crippen LogP contribution in [0, 0.1) is 6.92 Å². The molecule has 0 spiro atoms. The maximum atomic E-state index is 10.5. The monoisotopic (exact) mass is 254 g/mol. The number of carbonyl (C=O) groups is 1. The van der Waals surface area contributed by atoms with E-state index in [1.165, 1.54) is 6.92 Å². The van der Waals surface area contributed by atoms with Gasteiger partial charge in [-0.15, -0.1) is 0 Å². The van der Waals surface area contributed by atoms with Crippen LogP contribution >= 0.6 is 11.6 Å². The Labute approximate surface area is 136 Å². The van der Waals surface area contributed by atoms with Crippen molar-refractivity contribution in [1.29, 1.82) is 0 Å². The van der Waals surface area contributed by atoms with E-state index in [4.69, 9.17) is 21.4 Å². The number of hydrogen-bond acceptors (Lipinski definition) is 2. The predicted octanol–water partition coefficient (Wildman–Crippen LogP) is 1.85. The standard InChI is InChI=1S/C10H11ClO3.K.H/c1-6-5-8(11)3-4-9(6)14-7(2)10(12)13;;/h3-5,7H,1-2H3,(H,12,13);;/t7-;;/m1../s1. The van der Waals surface area contributed by atoms with Gasteiger partial charge in [-0.3, -0.25) is 0 Å². The van der Waals surface area contributed by atoms with Crippen LogP contribution in [-0.2, 0) is 4.79 Å². The number of halogens is 1. The molecule has 1 rings (SSSR count). The zero-order chi connectivity index (χ0) is 10.7. The molecule has 0 saturated carbocycles. The van der Waals surface area contributed by atoms with E-state index in [1.54, 1.807) is 18.2 Å². The second-order valence-corrected chi connectivity index (χ2v) is 3.44. The molecule has 0 aromatic heterocycles. The Morgan fingerprint density at radius 1 is 1.53 bits per heavy atom. The van der Waals surface area contributed by atoms with Crippen molar-refractivity contribution >= 4 is 69.0 Å². The summed E-state index contributed by atoms with van der Waals surface area (Å²) in [5, 5.41) is 9.25. The van der Waals surface area contributed by atoms with E-state index in [9.17, 15) is 4.79 Å². The van der Waals surface area contributed by atoms with Gasteiger partial charge >= 0.3 is 57.4 Å². The second-order valence-electron chi connectivity index (χ2n) is 3.01. The molecule has 1 N–H and O–H groups in total. The van der Waals surface area contributed by atoms with Gasteiger partial charge in [-0.25, -0.2) is 4.79 Å². The Kier molecular flexibility index (Phi) is 7.07. The van der Waals surface area contributed by atoms with Crippen LogP contribution in [0.15, 0.2) is 18.2 Å². The van der Waals surface area contributed by atoms with E-state index in [2.05, 4.69) is 0 Å². The van der Waals surface area contributed by atoms with Gasteiger partial charge in [0.05, 0.1) is 0 Å². The molecule has 3 nitrogen and oxygen atoms in total. The summed E-state index contributed by atoms with van der Waals surface area (Å²) in [5.41, 5.74) is 0.825. The SMILES string of the molecule is Cc1cc(Cl)ccc1O[C@H](C)C(=O)O.[KH]. The zero-order valence-corrected chi connectivity index (χ0v) is 8.71. The van der Waals surface area contributed by atoms with Crippen molar-refractivity contribution in [3.63, 3.8) is 0 Å². The Bertz CT molecular complexity index is 355. The molecule has 78 valence electrons. The third-order valence-electron chi connectivity index (χ3n) is 1.79. The summed E-state index contributed by atoms with van der Waals surface area (Å²) in [6.45, 7) is 3.30. The molecule has 0 fully saturated rings. The number of aryl methyl sites for hydroxylation is 1. The van der Waals surface area contributed by atoms with Crippen molar-refractivity contribution in [2.75, 3.05) is 0 Å². The molecule has 0 amide bonds. The quantitative estimate of drug-likeness (QED) is 0.838. The first-order valence-corrected chi connectivity index (χ1v) is 4.54. The van der Waals surface area contributed by atoms with E-state index in [-0.39, 0.29) is 51.4 Å². The zero-order valence-electron chi connectivity index (χ0n) is 7.95. The van der Waals surface area contributed by atoms with Gasteiger partial charge in [-0.05, 0) is 37.6 Å². The molecular formula is C10H12ClKO3. The third-order valence-corrected chi connectivity index (χ3v) is 2.02. The molecule has 15 heavy (non-hydrogen) atoms. The van der Waals surface area contributed by atoms with E-state index < -0.39 is 12.1 Å². The molecule has 5 heteroatoms. The van der Waals surface area contributed by atoms with Gasteiger partial charge in [0.15, 0.2) is 6.10 Å². The molecular weight excluding hydrogens is 243 g/mol. The molecule has 0 radical (unpaired) electrons. The van der Waals surface area contributed by atoms with Crippen molar-refractivity contribution in [2.45, 2.75) is 20.0 Å². The number of benzene rings is 1. The van der Waals surface area contributed by atoms with Crippen LogP contribution in [0.25, 0.3) is 0 Å². The molecule has 0 heterocycles. The molecule has 0 unspecified atom stereocenters.